The van der Waals surface area contributed by atoms with Crippen LogP contribution in [0.25, 0.3) is 0 Å². The summed E-state index contributed by atoms with van der Waals surface area (Å²) in [6.45, 7) is -0.943. The van der Waals surface area contributed by atoms with Crippen LogP contribution in [0.15, 0.2) is 0 Å². The molecule has 1 rings (SSSR count). The average molecular weight is 869 g/mol. The lowest BCUT2D eigenvalue weighted by atomic mass is 9.80. The van der Waals surface area contributed by atoms with Crippen molar-refractivity contribution in [2.75, 3.05) is 18.5 Å². The SMILES string of the molecule is CC(=O)Nc1c(I)c(O[C@@H]([C@H](O)[C@H](O)CO)[C@@H](O)C=O)c(I)c([C@](O)([C@H](O)[C@H](O)CO)[C@@H](O)C=O)c1I. The van der Waals surface area contributed by atoms with Crippen LogP contribution in [0.3, 0.4) is 0 Å². The van der Waals surface area contributed by atoms with E-state index in [1.165, 1.54) is 0 Å². The van der Waals surface area contributed by atoms with E-state index in [2.05, 4.69) is 5.32 Å². The molecule has 0 aliphatic carbocycles. The summed E-state index contributed by atoms with van der Waals surface area (Å²) in [5.74, 6) is -0.998. The first kappa shape index (κ1) is 34.7. The third-order valence-electron chi connectivity index (χ3n) is 5.21. The maximum absolute atomic E-state index is 11.9. The standard InChI is InChI=1S/C20H26I3NO13/c1-6(29)24-15-12(21)11(20(36,10(33)5-28)19(35)9(32)4-27)13(22)18(14(15)23)37-17(8(31)3-26)16(34)7(30)2-25/h3,5,7-10,16-17,19,25,27,30-36H,2,4H2,1H3,(H,24,29)/t7-,8+,9-,10+,16-,17-,19-,20+/m1/s1. The molecule has 210 valence electrons. The molecule has 14 nitrogen and oxygen atoms in total. The zero-order chi connectivity index (χ0) is 28.8. The third-order valence-corrected chi connectivity index (χ3v) is 8.35. The van der Waals surface area contributed by atoms with E-state index in [1.807, 2.05) is 0 Å². The van der Waals surface area contributed by atoms with E-state index in [4.69, 9.17) is 4.74 Å². The van der Waals surface area contributed by atoms with Gasteiger partial charge in [0.25, 0.3) is 0 Å². The van der Waals surface area contributed by atoms with Gasteiger partial charge in [0.05, 0.1) is 26.0 Å². The maximum atomic E-state index is 11.9. The molecular weight excluding hydrogens is 843 g/mol. The number of carbonyl (C=O) groups excluding carboxylic acids is 3. The van der Waals surface area contributed by atoms with Gasteiger partial charge in [0.1, 0.15) is 42.4 Å². The lowest BCUT2D eigenvalue weighted by Gasteiger charge is -2.39. The molecule has 0 aliphatic rings. The Morgan fingerprint density at radius 2 is 1.49 bits per heavy atom. The van der Waals surface area contributed by atoms with Crippen LogP contribution in [0.5, 0.6) is 5.75 Å². The highest BCUT2D eigenvalue weighted by Gasteiger charge is 2.51. The Morgan fingerprint density at radius 3 is 1.92 bits per heavy atom. The number of rotatable bonds is 14. The Balaban J connectivity index is 4.11. The number of carbonyl (C=O) groups is 3. The molecule has 1 amide bonds. The quantitative estimate of drug-likeness (QED) is 0.0660. The van der Waals surface area contributed by atoms with Gasteiger partial charge in [0.15, 0.2) is 24.3 Å². The predicted octanol–water partition coefficient (Wildman–Crippen LogP) is -3.06. The van der Waals surface area contributed by atoms with Gasteiger partial charge in [-0.15, -0.1) is 0 Å². The first-order chi connectivity index (χ1) is 17.1. The molecule has 0 spiro atoms. The van der Waals surface area contributed by atoms with Crippen molar-refractivity contribution >= 4 is 91.9 Å². The second kappa shape index (κ2) is 14.9. The Bertz CT molecular complexity index is 984. The smallest absolute Gasteiger partial charge is 0.221 e. The number of halogens is 3. The molecule has 0 radical (unpaired) electrons. The number of aliphatic hydroxyl groups excluding tert-OH is 8. The van der Waals surface area contributed by atoms with Crippen LogP contribution in [0.2, 0.25) is 0 Å². The second-order valence-corrected chi connectivity index (χ2v) is 11.0. The fraction of sp³-hybridized carbons (Fsp3) is 0.550. The van der Waals surface area contributed by atoms with E-state index in [-0.39, 0.29) is 34.7 Å². The number of hydrogen-bond donors (Lipinski definition) is 10. The molecule has 17 heteroatoms. The summed E-state index contributed by atoms with van der Waals surface area (Å²) in [6.07, 6.45) is -14.9. The zero-order valence-electron chi connectivity index (χ0n) is 18.9. The molecule has 8 atom stereocenters. The first-order valence-electron chi connectivity index (χ1n) is 10.2. The van der Waals surface area contributed by atoms with Crippen molar-refractivity contribution in [2.45, 2.75) is 55.3 Å². The molecule has 10 N–H and O–H groups in total. The summed E-state index contributed by atoms with van der Waals surface area (Å²) in [7, 11) is 0. The van der Waals surface area contributed by atoms with Crippen molar-refractivity contribution in [1.29, 1.82) is 0 Å². The minimum atomic E-state index is -3.02. The van der Waals surface area contributed by atoms with Crippen LogP contribution in [-0.2, 0) is 20.0 Å². The number of amides is 1. The number of nitrogens with one attached hydrogen (secondary N) is 1. The topological polar surface area (TPSA) is 255 Å². The molecule has 0 aliphatic heterocycles. The van der Waals surface area contributed by atoms with Crippen LogP contribution < -0.4 is 10.1 Å². The van der Waals surface area contributed by atoms with Crippen molar-refractivity contribution in [2.24, 2.45) is 0 Å². The van der Waals surface area contributed by atoms with Gasteiger partial charge in [0.2, 0.25) is 5.91 Å². The van der Waals surface area contributed by atoms with E-state index in [0.717, 1.165) is 6.92 Å². The molecule has 0 aromatic heterocycles. The Morgan fingerprint density at radius 1 is 0.946 bits per heavy atom. The summed E-state index contributed by atoms with van der Waals surface area (Å²) < 4.78 is 5.47. The van der Waals surface area contributed by atoms with E-state index in [0.29, 0.717) is 0 Å². The van der Waals surface area contributed by atoms with Crippen molar-refractivity contribution in [1.82, 2.24) is 0 Å². The monoisotopic (exact) mass is 869 g/mol. The molecule has 0 fully saturated rings. The Labute approximate surface area is 251 Å². The van der Waals surface area contributed by atoms with E-state index < -0.39 is 73.0 Å². The number of anilines is 1. The summed E-state index contributed by atoms with van der Waals surface area (Å²) in [6, 6.07) is 0. The number of aldehydes is 2. The summed E-state index contributed by atoms with van der Waals surface area (Å²) >= 11 is 4.85. The molecular formula is C20H26I3NO13. The van der Waals surface area contributed by atoms with Crippen molar-refractivity contribution < 1.29 is 65.1 Å². The lowest BCUT2D eigenvalue weighted by molar-refractivity contribution is -0.187. The second-order valence-electron chi connectivity index (χ2n) is 7.75. The van der Waals surface area contributed by atoms with Crippen LogP contribution in [0, 0.1) is 10.7 Å². The number of ether oxygens (including phenoxy) is 1. The van der Waals surface area contributed by atoms with Crippen molar-refractivity contribution in [3.8, 4) is 5.75 Å². The van der Waals surface area contributed by atoms with E-state index in [1.54, 1.807) is 67.8 Å². The fourth-order valence-electron chi connectivity index (χ4n) is 3.23. The summed E-state index contributed by atoms with van der Waals surface area (Å²) in [5, 5.41) is 93.9. The van der Waals surface area contributed by atoms with Gasteiger partial charge in [-0.1, -0.05) is 0 Å². The Kier molecular flexibility index (Phi) is 13.9. The molecule has 37 heavy (non-hydrogen) atoms. The summed E-state index contributed by atoms with van der Waals surface area (Å²) in [4.78, 5) is 34.8. The van der Waals surface area contributed by atoms with Crippen LogP contribution >= 0.6 is 67.8 Å². The fourth-order valence-corrected chi connectivity index (χ4v) is 7.79. The molecule has 0 saturated heterocycles. The van der Waals surface area contributed by atoms with Gasteiger partial charge in [-0.05, 0) is 67.8 Å². The average Bonchev–Trinajstić information content (AvgIpc) is 2.87. The predicted molar refractivity (Wildman–Crippen MR) is 150 cm³/mol. The molecule has 0 heterocycles. The maximum Gasteiger partial charge on any atom is 0.221 e. The van der Waals surface area contributed by atoms with Gasteiger partial charge < -0.3 is 65.6 Å². The third kappa shape index (κ3) is 7.45. The van der Waals surface area contributed by atoms with E-state index >= 15 is 0 Å². The summed E-state index contributed by atoms with van der Waals surface area (Å²) in [5.41, 5.74) is -3.59. The Hall–Kier alpha value is -0.340. The van der Waals surface area contributed by atoms with Crippen LogP contribution in [0.4, 0.5) is 5.69 Å². The minimum Gasteiger partial charge on any atom is -0.482 e. The van der Waals surface area contributed by atoms with Gasteiger partial charge in [-0.3, -0.25) is 4.79 Å². The highest BCUT2D eigenvalue weighted by molar-refractivity contribution is 14.1. The molecule has 0 bridgehead atoms. The zero-order valence-corrected chi connectivity index (χ0v) is 25.4. The molecule has 0 unspecified atom stereocenters. The van der Waals surface area contributed by atoms with E-state index in [9.17, 15) is 60.3 Å². The number of benzene rings is 1. The highest BCUT2D eigenvalue weighted by atomic mass is 127. The van der Waals surface area contributed by atoms with Gasteiger partial charge >= 0.3 is 0 Å². The van der Waals surface area contributed by atoms with Gasteiger partial charge in [0, 0.05) is 16.1 Å². The molecule has 0 saturated carbocycles. The van der Waals surface area contributed by atoms with Crippen molar-refractivity contribution in [3.05, 3.63) is 16.3 Å². The van der Waals surface area contributed by atoms with Crippen molar-refractivity contribution in [3.63, 3.8) is 0 Å². The molecule has 1 aromatic rings. The highest BCUT2D eigenvalue weighted by Crippen LogP contribution is 2.47. The number of aliphatic hydroxyl groups is 9. The number of hydrogen-bond acceptors (Lipinski definition) is 13. The minimum absolute atomic E-state index is 0.0199. The largest absolute Gasteiger partial charge is 0.482 e. The lowest BCUT2D eigenvalue weighted by Crippen LogP contribution is -2.56. The van der Waals surface area contributed by atoms with Gasteiger partial charge in [-0.25, -0.2) is 0 Å². The molecule has 1 aromatic carbocycles. The van der Waals surface area contributed by atoms with Gasteiger partial charge in [-0.2, -0.15) is 0 Å². The van der Waals surface area contributed by atoms with Crippen LogP contribution in [-0.4, -0.2) is 120 Å². The first-order valence-corrected chi connectivity index (χ1v) is 13.5. The normalized spacial score (nSPS) is 18.9. The van der Waals surface area contributed by atoms with Crippen LogP contribution in [0.1, 0.15) is 12.5 Å².